The molecule has 0 fully saturated rings. The maximum Gasteiger partial charge on any atom is 0.269 e. The van der Waals surface area contributed by atoms with Gasteiger partial charge in [-0.1, -0.05) is 30.3 Å². The number of rotatable bonds is 10. The zero-order chi connectivity index (χ0) is 21.6. The van der Waals surface area contributed by atoms with Gasteiger partial charge >= 0.3 is 0 Å². The van der Waals surface area contributed by atoms with Crippen LogP contribution in [-0.2, 0) is 16.4 Å². The number of aliphatic hydroxyl groups excluding tert-OH is 2. The summed E-state index contributed by atoms with van der Waals surface area (Å²) in [5.41, 5.74) is 6.72. The number of benzene rings is 2. The van der Waals surface area contributed by atoms with Crippen LogP contribution in [0.2, 0.25) is 0 Å². The fourth-order valence-corrected chi connectivity index (χ4v) is 4.36. The van der Waals surface area contributed by atoms with Crippen LogP contribution in [0.4, 0.5) is 5.69 Å². The summed E-state index contributed by atoms with van der Waals surface area (Å²) in [6, 6.07) is 12.9. The third kappa shape index (κ3) is 6.31. The van der Waals surface area contributed by atoms with Crippen molar-refractivity contribution in [2.45, 2.75) is 36.5 Å². The first kappa shape index (κ1) is 22.9. The Morgan fingerprint density at radius 3 is 2.17 bits per heavy atom. The lowest BCUT2D eigenvalue weighted by Gasteiger charge is -2.28. The number of nitrogens with two attached hydrogens (primary N) is 1. The Balaban J connectivity index is 2.19. The molecule has 3 atom stereocenters. The lowest BCUT2D eigenvalue weighted by molar-refractivity contribution is -0.384. The molecule has 0 unspecified atom stereocenters. The van der Waals surface area contributed by atoms with Crippen LogP contribution in [0.15, 0.2) is 59.5 Å². The van der Waals surface area contributed by atoms with Crippen molar-refractivity contribution in [3.05, 3.63) is 70.3 Å². The van der Waals surface area contributed by atoms with E-state index in [0.717, 1.165) is 34.1 Å². The van der Waals surface area contributed by atoms with Crippen LogP contribution in [0.5, 0.6) is 0 Å². The van der Waals surface area contributed by atoms with E-state index in [1.165, 1.54) is 6.92 Å². The Morgan fingerprint density at radius 2 is 1.66 bits per heavy atom. The zero-order valence-electron chi connectivity index (χ0n) is 16.0. The molecule has 0 amide bonds. The van der Waals surface area contributed by atoms with E-state index in [-0.39, 0.29) is 23.7 Å². The molecule has 9 nitrogen and oxygen atoms in total. The van der Waals surface area contributed by atoms with Crippen LogP contribution in [0.1, 0.15) is 12.5 Å². The van der Waals surface area contributed by atoms with Gasteiger partial charge < -0.3 is 15.9 Å². The van der Waals surface area contributed by atoms with Gasteiger partial charge in [0.25, 0.3) is 5.69 Å². The lowest BCUT2D eigenvalue weighted by Crippen LogP contribution is -2.48. The third-order valence-electron chi connectivity index (χ3n) is 4.35. The first-order valence-corrected chi connectivity index (χ1v) is 10.5. The average molecular weight is 423 g/mol. The van der Waals surface area contributed by atoms with Crippen molar-refractivity contribution in [2.75, 3.05) is 13.1 Å². The monoisotopic (exact) mass is 423 g/mol. The summed E-state index contributed by atoms with van der Waals surface area (Å²) >= 11 is 0. The van der Waals surface area contributed by atoms with Crippen LogP contribution in [0.3, 0.4) is 0 Å². The minimum absolute atomic E-state index is 0.174. The predicted octanol–water partition coefficient (Wildman–Crippen LogP) is 0.897. The molecule has 2 aromatic rings. The number of aliphatic hydroxyl groups is 2. The minimum Gasteiger partial charge on any atom is -0.392 e. The van der Waals surface area contributed by atoms with Gasteiger partial charge in [-0.15, -0.1) is 0 Å². The number of nitrogens with zero attached hydrogens (tertiary/aromatic N) is 2. The molecule has 0 bridgehead atoms. The van der Waals surface area contributed by atoms with E-state index in [1.807, 2.05) is 30.3 Å². The number of non-ortho nitro benzene ring substituents is 1. The number of hydrogen-bond donors (Lipinski definition) is 3. The van der Waals surface area contributed by atoms with Crippen molar-refractivity contribution in [1.82, 2.24) is 4.31 Å². The molecule has 0 saturated heterocycles. The van der Waals surface area contributed by atoms with E-state index < -0.39 is 33.2 Å². The fraction of sp³-hybridized carbons (Fsp3) is 0.368. The topological polar surface area (TPSA) is 147 Å². The van der Waals surface area contributed by atoms with Crippen molar-refractivity contribution in [3.8, 4) is 0 Å². The predicted molar refractivity (Wildman–Crippen MR) is 108 cm³/mol. The Hall–Kier alpha value is -2.37. The molecule has 0 aliphatic heterocycles. The third-order valence-corrected chi connectivity index (χ3v) is 6.20. The molecular formula is C19H25N3O6S. The maximum atomic E-state index is 13.0. The largest absolute Gasteiger partial charge is 0.392 e. The van der Waals surface area contributed by atoms with Gasteiger partial charge in [-0.3, -0.25) is 10.1 Å². The summed E-state index contributed by atoms with van der Waals surface area (Å²) < 4.78 is 26.9. The van der Waals surface area contributed by atoms with Crippen molar-refractivity contribution >= 4 is 15.7 Å². The van der Waals surface area contributed by atoms with Crippen molar-refractivity contribution in [2.24, 2.45) is 5.73 Å². The van der Waals surface area contributed by atoms with E-state index in [2.05, 4.69) is 0 Å². The molecule has 2 rings (SSSR count). The van der Waals surface area contributed by atoms with Crippen LogP contribution in [0, 0.1) is 10.1 Å². The summed E-state index contributed by atoms with van der Waals surface area (Å²) in [6.45, 7) is 0.849. The first-order valence-electron chi connectivity index (χ1n) is 9.01. The molecule has 4 N–H and O–H groups in total. The van der Waals surface area contributed by atoms with Crippen molar-refractivity contribution in [3.63, 3.8) is 0 Å². The molecule has 10 heteroatoms. The van der Waals surface area contributed by atoms with Gasteiger partial charge in [0.2, 0.25) is 10.0 Å². The highest BCUT2D eigenvalue weighted by Crippen LogP contribution is 2.21. The fourth-order valence-electron chi connectivity index (χ4n) is 2.82. The normalized spacial score (nSPS) is 15.1. The lowest BCUT2D eigenvalue weighted by atomic mass is 10.0. The highest BCUT2D eigenvalue weighted by molar-refractivity contribution is 7.89. The van der Waals surface area contributed by atoms with Gasteiger partial charge in [0, 0.05) is 31.3 Å². The van der Waals surface area contributed by atoms with Crippen molar-refractivity contribution < 1.29 is 23.6 Å². The van der Waals surface area contributed by atoms with E-state index >= 15 is 0 Å². The summed E-state index contributed by atoms with van der Waals surface area (Å²) in [4.78, 5) is 9.98. The number of nitro benzene ring substituents is 1. The quantitative estimate of drug-likeness (QED) is 0.380. The number of nitro groups is 1. The molecular weight excluding hydrogens is 398 g/mol. The summed E-state index contributed by atoms with van der Waals surface area (Å²) in [7, 11) is -4.10. The second-order valence-electron chi connectivity index (χ2n) is 6.84. The molecule has 0 radical (unpaired) electrons. The van der Waals surface area contributed by atoms with Gasteiger partial charge in [0.15, 0.2) is 0 Å². The van der Waals surface area contributed by atoms with Crippen LogP contribution < -0.4 is 5.73 Å². The van der Waals surface area contributed by atoms with Gasteiger partial charge in [0.05, 0.1) is 22.0 Å². The number of hydrogen-bond acceptors (Lipinski definition) is 7. The summed E-state index contributed by atoms with van der Waals surface area (Å²) in [5, 5.41) is 31.0. The first-order chi connectivity index (χ1) is 13.6. The van der Waals surface area contributed by atoms with Crippen molar-refractivity contribution in [1.29, 1.82) is 0 Å². The Labute approximate surface area is 169 Å². The second-order valence-corrected chi connectivity index (χ2v) is 8.78. The van der Waals surface area contributed by atoms with E-state index in [0.29, 0.717) is 6.42 Å². The van der Waals surface area contributed by atoms with Crippen LogP contribution in [0.25, 0.3) is 0 Å². The molecule has 0 aromatic heterocycles. The molecule has 0 aliphatic carbocycles. The molecule has 158 valence electrons. The SMILES string of the molecule is C[C@@H](O)CN(C[C@@H](O)[C@@H](N)Cc1ccccc1)S(=O)(=O)c1ccc([N+](=O)[O-])cc1. The molecule has 0 heterocycles. The summed E-state index contributed by atoms with van der Waals surface area (Å²) in [5.74, 6) is 0. The van der Waals surface area contributed by atoms with E-state index in [9.17, 15) is 28.7 Å². The smallest absolute Gasteiger partial charge is 0.269 e. The molecule has 0 spiro atoms. The standard InChI is InChI=1S/C19H25N3O6S/c1-14(23)12-21(13-19(24)18(20)11-15-5-3-2-4-6-15)29(27,28)17-9-7-16(8-10-17)22(25)26/h2-10,14,18-19,23-24H,11-13,20H2,1H3/t14-,18+,19-/m1/s1. The Morgan fingerprint density at radius 1 is 1.07 bits per heavy atom. The Bertz CT molecular complexity index is 903. The summed E-state index contributed by atoms with van der Waals surface area (Å²) in [6.07, 6.45) is -1.82. The molecule has 2 aromatic carbocycles. The highest BCUT2D eigenvalue weighted by Gasteiger charge is 2.30. The zero-order valence-corrected chi connectivity index (χ0v) is 16.8. The number of sulfonamides is 1. The van der Waals surface area contributed by atoms with Crippen LogP contribution >= 0.6 is 0 Å². The minimum atomic E-state index is -4.10. The molecule has 0 aliphatic rings. The Kier molecular flexibility index (Phi) is 7.82. The van der Waals surface area contributed by atoms with E-state index in [4.69, 9.17) is 5.73 Å². The molecule has 29 heavy (non-hydrogen) atoms. The maximum absolute atomic E-state index is 13.0. The van der Waals surface area contributed by atoms with Crippen LogP contribution in [-0.4, -0.2) is 59.2 Å². The van der Waals surface area contributed by atoms with Gasteiger partial charge in [-0.2, -0.15) is 4.31 Å². The molecule has 0 saturated carbocycles. The van der Waals surface area contributed by atoms with Gasteiger partial charge in [-0.25, -0.2) is 8.42 Å². The highest BCUT2D eigenvalue weighted by atomic mass is 32.2. The van der Waals surface area contributed by atoms with Gasteiger partial charge in [-0.05, 0) is 31.0 Å². The van der Waals surface area contributed by atoms with Gasteiger partial charge in [0.1, 0.15) is 0 Å². The average Bonchev–Trinajstić information content (AvgIpc) is 2.67. The second kappa shape index (κ2) is 9.90. The van der Waals surface area contributed by atoms with E-state index in [1.54, 1.807) is 0 Å².